The van der Waals surface area contributed by atoms with Crippen LogP contribution in [0, 0.1) is 10.1 Å². The first-order chi connectivity index (χ1) is 12.0. The van der Waals surface area contributed by atoms with Gasteiger partial charge in [-0.1, -0.05) is 11.6 Å². The highest BCUT2D eigenvalue weighted by Crippen LogP contribution is 2.40. The number of aromatic nitrogens is 2. The molecule has 25 heavy (non-hydrogen) atoms. The highest BCUT2D eigenvalue weighted by Gasteiger charge is 2.34. The highest BCUT2D eigenvalue weighted by atomic mass is 35.5. The number of halogens is 1. The molecular weight excluding hydrogens is 368 g/mol. The number of nitro groups is 1. The van der Waals surface area contributed by atoms with Gasteiger partial charge in [0.1, 0.15) is 5.01 Å². The van der Waals surface area contributed by atoms with E-state index in [9.17, 15) is 14.9 Å². The minimum atomic E-state index is -0.491. The monoisotopic (exact) mass is 382 g/mol. The molecule has 1 unspecified atom stereocenters. The van der Waals surface area contributed by atoms with Crippen molar-refractivity contribution in [1.29, 1.82) is 0 Å². The molecule has 1 aliphatic heterocycles. The average molecular weight is 383 g/mol. The number of thiazole rings is 1. The predicted molar refractivity (Wildman–Crippen MR) is 93.3 cm³/mol. The van der Waals surface area contributed by atoms with Crippen LogP contribution in [0.25, 0.3) is 0 Å². The summed E-state index contributed by atoms with van der Waals surface area (Å²) in [6.07, 6.45) is 3.02. The molecule has 0 saturated carbocycles. The van der Waals surface area contributed by atoms with Gasteiger partial charge < -0.3 is 9.64 Å². The second kappa shape index (κ2) is 7.32. The van der Waals surface area contributed by atoms with Crippen LogP contribution in [0.1, 0.15) is 41.3 Å². The summed E-state index contributed by atoms with van der Waals surface area (Å²) in [6, 6.07) is 1.13. The van der Waals surface area contributed by atoms with Crippen molar-refractivity contribution in [3.05, 3.63) is 43.5 Å². The summed E-state index contributed by atoms with van der Waals surface area (Å²) in [5.74, 6) is -0.199. The number of rotatable bonds is 5. The fourth-order valence-electron chi connectivity index (χ4n) is 2.79. The van der Waals surface area contributed by atoms with Crippen LogP contribution in [0.3, 0.4) is 0 Å². The zero-order valence-corrected chi connectivity index (χ0v) is 14.9. The Bertz CT molecular complexity index is 813. The van der Waals surface area contributed by atoms with Crippen molar-refractivity contribution in [2.24, 2.45) is 0 Å². The van der Waals surface area contributed by atoms with Crippen molar-refractivity contribution >= 4 is 40.4 Å². The van der Waals surface area contributed by atoms with E-state index < -0.39 is 10.9 Å². The summed E-state index contributed by atoms with van der Waals surface area (Å²) in [5.41, 5.74) is 0.119. The summed E-state index contributed by atoms with van der Waals surface area (Å²) >= 11 is 7.18. The van der Waals surface area contributed by atoms with Gasteiger partial charge in [0.25, 0.3) is 0 Å². The average Bonchev–Trinajstić information content (AvgIpc) is 3.24. The van der Waals surface area contributed by atoms with Crippen LogP contribution in [-0.2, 0) is 4.74 Å². The molecule has 132 valence electrons. The van der Waals surface area contributed by atoms with E-state index in [1.165, 1.54) is 23.6 Å². The van der Waals surface area contributed by atoms with E-state index in [0.717, 1.165) is 12.8 Å². The summed E-state index contributed by atoms with van der Waals surface area (Å²) in [5, 5.41) is 13.9. The van der Waals surface area contributed by atoms with Crippen molar-refractivity contribution < 1.29 is 14.5 Å². The number of hydrogen-bond acceptors (Lipinski definition) is 8. The van der Waals surface area contributed by atoms with Crippen LogP contribution in [-0.4, -0.2) is 34.0 Å². The minimum absolute atomic E-state index is 0.137. The molecule has 1 saturated heterocycles. The molecule has 1 aliphatic rings. The largest absolute Gasteiger partial charge is 0.461 e. The zero-order chi connectivity index (χ0) is 18.0. The lowest BCUT2D eigenvalue weighted by atomic mass is 10.2. The molecule has 0 aliphatic carbocycles. The minimum Gasteiger partial charge on any atom is -0.461 e. The smallest absolute Gasteiger partial charge is 0.357 e. The van der Waals surface area contributed by atoms with Crippen LogP contribution in [0.15, 0.2) is 17.6 Å². The predicted octanol–water partition coefficient (Wildman–Crippen LogP) is 3.62. The summed E-state index contributed by atoms with van der Waals surface area (Å²) in [4.78, 5) is 33.0. The molecule has 1 fully saturated rings. The van der Waals surface area contributed by atoms with Gasteiger partial charge in [-0.2, -0.15) is 0 Å². The molecule has 0 aromatic carbocycles. The molecule has 3 heterocycles. The van der Waals surface area contributed by atoms with Gasteiger partial charge in [-0.05, 0) is 19.8 Å². The van der Waals surface area contributed by atoms with Crippen LogP contribution in [0.2, 0.25) is 5.02 Å². The Labute approximate surface area is 152 Å². The number of hydrogen-bond donors (Lipinski definition) is 0. The molecule has 0 amide bonds. The van der Waals surface area contributed by atoms with Crippen LogP contribution in [0.4, 0.5) is 11.5 Å². The first-order valence-electron chi connectivity index (χ1n) is 7.70. The fraction of sp³-hybridized carbons (Fsp3) is 0.400. The molecule has 10 heteroatoms. The number of carbonyl (C=O) groups excluding carboxylic acids is 1. The number of nitrogens with zero attached hydrogens (tertiary/aromatic N) is 4. The Hall–Kier alpha value is -2.26. The Morgan fingerprint density at radius 2 is 2.40 bits per heavy atom. The molecular formula is C15H15ClN4O4S. The number of carbonyl (C=O) groups is 1. The topological polar surface area (TPSA) is 98.5 Å². The van der Waals surface area contributed by atoms with Crippen LogP contribution >= 0.6 is 22.9 Å². The molecule has 1 atom stereocenters. The molecule has 2 aromatic heterocycles. The van der Waals surface area contributed by atoms with Gasteiger partial charge in [0.2, 0.25) is 5.82 Å². The molecule has 8 nitrogen and oxygen atoms in total. The summed E-state index contributed by atoms with van der Waals surface area (Å²) < 4.78 is 4.95. The van der Waals surface area contributed by atoms with Crippen molar-refractivity contribution in [3.8, 4) is 0 Å². The first-order valence-corrected chi connectivity index (χ1v) is 8.96. The van der Waals surface area contributed by atoms with E-state index in [1.807, 2.05) is 4.90 Å². The van der Waals surface area contributed by atoms with Gasteiger partial charge >= 0.3 is 11.7 Å². The number of pyridine rings is 1. The van der Waals surface area contributed by atoms with E-state index in [-0.39, 0.29) is 34.9 Å². The Kier molecular flexibility index (Phi) is 5.14. The van der Waals surface area contributed by atoms with Gasteiger partial charge in [-0.15, -0.1) is 11.3 Å². The van der Waals surface area contributed by atoms with Gasteiger partial charge in [0.15, 0.2) is 5.69 Å². The van der Waals surface area contributed by atoms with E-state index in [2.05, 4.69) is 9.97 Å². The van der Waals surface area contributed by atoms with Crippen molar-refractivity contribution in [2.75, 3.05) is 18.1 Å². The van der Waals surface area contributed by atoms with Gasteiger partial charge in [-0.25, -0.2) is 14.8 Å². The lowest BCUT2D eigenvalue weighted by Crippen LogP contribution is -2.24. The summed E-state index contributed by atoms with van der Waals surface area (Å²) in [7, 11) is 0. The van der Waals surface area contributed by atoms with Crippen molar-refractivity contribution in [1.82, 2.24) is 9.97 Å². The zero-order valence-electron chi connectivity index (χ0n) is 13.3. The van der Waals surface area contributed by atoms with E-state index in [0.29, 0.717) is 11.6 Å². The molecule has 0 N–H and O–H groups in total. The maximum atomic E-state index is 11.8. The number of ether oxygens (including phenoxy) is 1. The molecule has 2 aromatic rings. The molecule has 0 bridgehead atoms. The maximum absolute atomic E-state index is 11.8. The first kappa shape index (κ1) is 17.6. The quantitative estimate of drug-likeness (QED) is 0.442. The van der Waals surface area contributed by atoms with Gasteiger partial charge in [0.05, 0.1) is 22.6 Å². The van der Waals surface area contributed by atoms with Crippen LogP contribution < -0.4 is 4.90 Å². The maximum Gasteiger partial charge on any atom is 0.357 e. The third-order valence-corrected chi connectivity index (χ3v) is 4.98. The Morgan fingerprint density at radius 3 is 3.12 bits per heavy atom. The SMILES string of the molecule is CCOC(=O)c1csc(C2CCCN2c2ncc(Cl)cc2[N+](=O)[O-])n1. The highest BCUT2D eigenvalue weighted by molar-refractivity contribution is 7.10. The third kappa shape index (κ3) is 3.57. The second-order valence-electron chi connectivity index (χ2n) is 5.40. The second-order valence-corrected chi connectivity index (χ2v) is 6.72. The van der Waals surface area contributed by atoms with Gasteiger partial charge in [-0.3, -0.25) is 10.1 Å². The normalized spacial score (nSPS) is 16.9. The van der Waals surface area contributed by atoms with E-state index >= 15 is 0 Å². The lowest BCUT2D eigenvalue weighted by molar-refractivity contribution is -0.384. The third-order valence-electron chi connectivity index (χ3n) is 3.83. The van der Waals surface area contributed by atoms with Crippen molar-refractivity contribution in [3.63, 3.8) is 0 Å². The molecule has 0 spiro atoms. The van der Waals surface area contributed by atoms with E-state index in [4.69, 9.17) is 16.3 Å². The lowest BCUT2D eigenvalue weighted by Gasteiger charge is -2.23. The molecule has 0 radical (unpaired) electrons. The molecule has 3 rings (SSSR count). The van der Waals surface area contributed by atoms with Crippen molar-refractivity contribution in [2.45, 2.75) is 25.8 Å². The summed E-state index contributed by atoms with van der Waals surface area (Å²) in [6.45, 7) is 2.63. The standard InChI is InChI=1S/C15H15ClN4O4S/c1-2-24-15(21)10-8-25-14(18-10)11-4-3-5-19(11)13-12(20(22)23)6-9(16)7-17-13/h6-8,11H,2-5H2,1H3. The fourth-order valence-corrected chi connectivity index (χ4v) is 3.88. The van der Waals surface area contributed by atoms with E-state index in [1.54, 1.807) is 12.3 Å². The number of esters is 1. The van der Waals surface area contributed by atoms with Crippen LogP contribution in [0.5, 0.6) is 0 Å². The van der Waals surface area contributed by atoms with Gasteiger partial charge in [0, 0.05) is 24.2 Å². The Morgan fingerprint density at radius 1 is 1.60 bits per heavy atom. The Balaban J connectivity index is 1.92. The number of anilines is 1.